The van der Waals surface area contributed by atoms with Crippen LogP contribution in [0, 0.1) is 0 Å². The van der Waals surface area contributed by atoms with Crippen molar-refractivity contribution in [2.75, 3.05) is 0 Å². The van der Waals surface area contributed by atoms with Gasteiger partial charge in [-0.2, -0.15) is 0 Å². The Labute approximate surface area is 119 Å². The lowest BCUT2D eigenvalue weighted by Crippen LogP contribution is -2.57. The normalized spacial score (nSPS) is 25.3. The number of nitrogens with one attached hydrogen (secondary N) is 1. The Bertz CT molecular complexity index is 524. The fourth-order valence-corrected chi connectivity index (χ4v) is 3.36. The molecule has 0 saturated heterocycles. The van der Waals surface area contributed by atoms with E-state index < -0.39 is 49.5 Å². The smallest absolute Gasteiger partial charge is 0.345 e. The van der Waals surface area contributed by atoms with Crippen LogP contribution in [-0.4, -0.2) is 49.0 Å². The maximum atomic E-state index is 11.6. The van der Waals surface area contributed by atoms with Crippen molar-refractivity contribution in [1.82, 2.24) is 5.32 Å². The van der Waals surface area contributed by atoms with E-state index in [0.717, 1.165) is 0 Å². The molecular weight excluding hydrogens is 305 g/mol. The van der Waals surface area contributed by atoms with E-state index in [1.54, 1.807) is 0 Å². The molecule has 0 unspecified atom stereocenters. The summed E-state index contributed by atoms with van der Waals surface area (Å²) in [5, 5.41) is 17.5. The average molecular weight is 321 g/mol. The zero-order chi connectivity index (χ0) is 16.3. The third-order valence-corrected chi connectivity index (χ3v) is 5.04. The highest BCUT2D eigenvalue weighted by Crippen LogP contribution is 2.56. The fraction of sp³-hybridized carbons (Fsp3) is 0.545. The molecule has 1 aliphatic carbocycles. The van der Waals surface area contributed by atoms with E-state index in [9.17, 15) is 33.8 Å². The van der Waals surface area contributed by atoms with Gasteiger partial charge in [0.15, 0.2) is 5.16 Å². The van der Waals surface area contributed by atoms with Gasteiger partial charge in [0, 0.05) is 6.42 Å². The number of aliphatic carboxylic acids is 2. The van der Waals surface area contributed by atoms with Crippen LogP contribution >= 0.6 is 7.60 Å². The maximum absolute atomic E-state index is 11.6. The van der Waals surface area contributed by atoms with Gasteiger partial charge in [0.25, 0.3) is 0 Å². The third-order valence-electron chi connectivity index (χ3n) is 3.31. The number of carboxylic acids is 2. The van der Waals surface area contributed by atoms with Gasteiger partial charge in [-0.3, -0.25) is 18.9 Å². The van der Waals surface area contributed by atoms with Crippen molar-refractivity contribution in [3.05, 3.63) is 12.2 Å². The van der Waals surface area contributed by atoms with Gasteiger partial charge in [-0.05, 0) is 12.8 Å². The molecule has 2 atom stereocenters. The van der Waals surface area contributed by atoms with Crippen molar-refractivity contribution in [2.45, 2.75) is 36.9 Å². The Morgan fingerprint density at radius 1 is 1.24 bits per heavy atom. The van der Waals surface area contributed by atoms with E-state index in [-0.39, 0.29) is 12.8 Å². The van der Waals surface area contributed by atoms with Crippen LogP contribution in [0.15, 0.2) is 12.2 Å². The monoisotopic (exact) mass is 321 g/mol. The summed E-state index contributed by atoms with van der Waals surface area (Å²) in [4.78, 5) is 52.2. The van der Waals surface area contributed by atoms with Crippen LogP contribution in [0.4, 0.5) is 0 Å². The molecule has 1 aliphatic rings. The summed E-state index contributed by atoms with van der Waals surface area (Å²) < 4.78 is 11.6. The summed E-state index contributed by atoms with van der Waals surface area (Å²) in [6.07, 6.45) is 1.69. The number of allylic oxidation sites excluding steroid dienone is 1. The van der Waals surface area contributed by atoms with Crippen LogP contribution < -0.4 is 5.32 Å². The first-order chi connectivity index (χ1) is 9.61. The zero-order valence-corrected chi connectivity index (χ0v) is 11.8. The number of hydrogen-bond acceptors (Lipinski definition) is 4. The van der Waals surface area contributed by atoms with E-state index in [2.05, 4.69) is 5.32 Å². The second kappa shape index (κ2) is 6.38. The number of hydrogen-bond donors (Lipinski definition) is 5. The van der Waals surface area contributed by atoms with Crippen LogP contribution in [-0.2, 0) is 18.9 Å². The lowest BCUT2D eigenvalue weighted by molar-refractivity contribution is -0.142. The molecule has 0 heterocycles. The number of amides is 1. The molecule has 10 heteroatoms. The highest BCUT2D eigenvalue weighted by atomic mass is 31.2. The van der Waals surface area contributed by atoms with Crippen LogP contribution in [0.2, 0.25) is 0 Å². The van der Waals surface area contributed by atoms with Gasteiger partial charge < -0.3 is 25.3 Å². The lowest BCUT2D eigenvalue weighted by atomic mass is 9.88. The van der Waals surface area contributed by atoms with E-state index in [4.69, 9.17) is 5.11 Å². The molecule has 0 aromatic carbocycles. The van der Waals surface area contributed by atoms with E-state index in [1.165, 1.54) is 12.2 Å². The predicted octanol–water partition coefficient (Wildman–Crippen LogP) is -0.313. The van der Waals surface area contributed by atoms with Gasteiger partial charge in [-0.15, -0.1) is 0 Å². The van der Waals surface area contributed by atoms with Crippen molar-refractivity contribution < 1.29 is 38.9 Å². The molecule has 0 spiro atoms. The molecule has 0 fully saturated rings. The molecule has 0 saturated carbocycles. The summed E-state index contributed by atoms with van der Waals surface area (Å²) in [5.74, 6) is -3.69. The van der Waals surface area contributed by atoms with Gasteiger partial charge in [0.05, 0.1) is 12.5 Å². The minimum atomic E-state index is -5.06. The Hall–Kier alpha value is -1.70. The summed E-state index contributed by atoms with van der Waals surface area (Å²) in [6, 6.07) is -1.40. The molecule has 118 valence electrons. The summed E-state index contributed by atoms with van der Waals surface area (Å²) >= 11 is 0. The molecule has 1 rings (SSSR count). The fourth-order valence-electron chi connectivity index (χ4n) is 2.18. The molecule has 1 amide bonds. The minimum absolute atomic E-state index is 0.152. The quantitative estimate of drug-likeness (QED) is 0.328. The largest absolute Gasteiger partial charge is 0.481 e. The second-order valence-electron chi connectivity index (χ2n) is 4.68. The second-order valence-corrected chi connectivity index (χ2v) is 6.57. The topological polar surface area (TPSA) is 161 Å². The van der Waals surface area contributed by atoms with Gasteiger partial charge >= 0.3 is 19.5 Å². The van der Waals surface area contributed by atoms with Crippen LogP contribution in [0.25, 0.3) is 0 Å². The number of carbonyl (C=O) groups excluding carboxylic acids is 1. The van der Waals surface area contributed by atoms with Crippen molar-refractivity contribution in [3.63, 3.8) is 0 Å². The molecule has 9 nitrogen and oxygen atoms in total. The Morgan fingerprint density at radius 3 is 2.33 bits per heavy atom. The predicted molar refractivity (Wildman–Crippen MR) is 69.6 cm³/mol. The standard InChI is InChI=1S/C11H16NO8P/c13-8(4-5-9(14)15)12-7-3-1-2-6-11(7,10(16)17)21(18,19)20/h1,3,7H,2,4-6H2,(H,12,13)(H,14,15)(H,16,17)(H2,18,19,20)/t7-,11+/m1/s1. The highest BCUT2D eigenvalue weighted by Gasteiger charge is 2.59. The third kappa shape index (κ3) is 3.69. The first-order valence-corrected chi connectivity index (χ1v) is 7.69. The average Bonchev–Trinajstić information content (AvgIpc) is 2.35. The molecule has 0 aromatic heterocycles. The summed E-state index contributed by atoms with van der Waals surface area (Å²) in [6.45, 7) is 0. The number of rotatable bonds is 6. The van der Waals surface area contributed by atoms with Crippen molar-refractivity contribution in [1.29, 1.82) is 0 Å². The van der Waals surface area contributed by atoms with E-state index in [0.29, 0.717) is 0 Å². The summed E-state index contributed by atoms with van der Waals surface area (Å²) in [7, 11) is -5.06. The van der Waals surface area contributed by atoms with Gasteiger partial charge in [0.2, 0.25) is 5.91 Å². The highest BCUT2D eigenvalue weighted by molar-refractivity contribution is 7.55. The Balaban J connectivity index is 3.00. The SMILES string of the molecule is O=C(O)CCC(=O)N[C@@H]1C=CCC[C@]1(C(=O)O)P(=O)(O)O. The zero-order valence-electron chi connectivity index (χ0n) is 10.9. The first-order valence-electron chi connectivity index (χ1n) is 6.08. The summed E-state index contributed by atoms with van der Waals surface area (Å²) in [5.41, 5.74) is 0. The van der Waals surface area contributed by atoms with Crippen LogP contribution in [0.1, 0.15) is 25.7 Å². The molecule has 0 radical (unpaired) electrons. The van der Waals surface area contributed by atoms with E-state index >= 15 is 0 Å². The van der Waals surface area contributed by atoms with Gasteiger partial charge in [-0.1, -0.05) is 12.2 Å². The maximum Gasteiger partial charge on any atom is 0.345 e. The molecule has 0 aliphatic heterocycles. The van der Waals surface area contributed by atoms with Crippen LogP contribution in [0.5, 0.6) is 0 Å². The van der Waals surface area contributed by atoms with Gasteiger partial charge in [-0.25, -0.2) is 0 Å². The molecule has 0 bridgehead atoms. The minimum Gasteiger partial charge on any atom is -0.481 e. The molecule has 21 heavy (non-hydrogen) atoms. The van der Waals surface area contributed by atoms with Gasteiger partial charge in [0.1, 0.15) is 0 Å². The molecule has 0 aromatic rings. The number of carboxylic acid groups (broad SMARTS) is 2. The Morgan fingerprint density at radius 2 is 1.86 bits per heavy atom. The van der Waals surface area contributed by atoms with Crippen molar-refractivity contribution in [2.24, 2.45) is 0 Å². The van der Waals surface area contributed by atoms with Crippen molar-refractivity contribution in [3.8, 4) is 0 Å². The molecular formula is C11H16NO8P. The molecule has 5 N–H and O–H groups in total. The Kier molecular flexibility index (Phi) is 5.27. The lowest BCUT2D eigenvalue weighted by Gasteiger charge is -2.38. The first kappa shape index (κ1) is 17.4. The van der Waals surface area contributed by atoms with Crippen molar-refractivity contribution >= 4 is 25.4 Å². The number of carbonyl (C=O) groups is 3. The van der Waals surface area contributed by atoms with Crippen LogP contribution in [0.3, 0.4) is 0 Å². The van der Waals surface area contributed by atoms with E-state index in [1.807, 2.05) is 0 Å².